The molecule has 0 amide bonds. The molecule has 3 rings (SSSR count). The van der Waals surface area contributed by atoms with Gasteiger partial charge in [-0.25, -0.2) is 4.98 Å². The Labute approximate surface area is 117 Å². The molecule has 0 aliphatic carbocycles. The smallest absolute Gasteiger partial charge is 0.239 e. The van der Waals surface area contributed by atoms with Crippen LogP contribution in [0.15, 0.2) is 54.0 Å². The fraction of sp³-hybridized carbons (Fsp3) is 0.125. The number of hydrogen-bond donors (Lipinski definition) is 0. The first-order valence-electron chi connectivity index (χ1n) is 6.22. The normalized spacial score (nSPS) is 10.6. The summed E-state index contributed by atoms with van der Waals surface area (Å²) in [5, 5.41) is 3.06. The number of pyridine rings is 1. The van der Waals surface area contributed by atoms with Crippen LogP contribution < -0.4 is 4.57 Å². The van der Waals surface area contributed by atoms with E-state index in [4.69, 9.17) is 0 Å². The molecule has 0 radical (unpaired) electrons. The Kier molecular flexibility index (Phi) is 3.13. The van der Waals surface area contributed by atoms with Crippen LogP contribution in [-0.4, -0.2) is 4.98 Å². The highest BCUT2D eigenvalue weighted by Crippen LogP contribution is 2.23. The molecule has 2 aromatic heterocycles. The number of hydrogen-bond acceptors (Lipinski definition) is 2. The van der Waals surface area contributed by atoms with Gasteiger partial charge < -0.3 is 0 Å². The monoisotopic (exact) mass is 267 g/mol. The van der Waals surface area contributed by atoms with Gasteiger partial charge in [0.15, 0.2) is 5.01 Å². The van der Waals surface area contributed by atoms with Gasteiger partial charge in [-0.1, -0.05) is 18.2 Å². The van der Waals surface area contributed by atoms with Gasteiger partial charge in [-0.05, 0) is 24.6 Å². The van der Waals surface area contributed by atoms with Crippen LogP contribution in [0.5, 0.6) is 0 Å². The Balaban J connectivity index is 2.19. The Hall–Kier alpha value is -2.00. The SMILES string of the molecule is Cc1ccccc1-c1cccc(-c2nccs2)[n+]1C. The molecular formula is C16H15N2S+. The van der Waals surface area contributed by atoms with Crippen molar-refractivity contribution in [1.82, 2.24) is 4.98 Å². The van der Waals surface area contributed by atoms with Crippen molar-refractivity contribution in [2.75, 3.05) is 0 Å². The number of aromatic nitrogens is 2. The van der Waals surface area contributed by atoms with Gasteiger partial charge in [0.05, 0.1) is 0 Å². The first-order valence-corrected chi connectivity index (χ1v) is 7.10. The highest BCUT2D eigenvalue weighted by molar-refractivity contribution is 7.13. The van der Waals surface area contributed by atoms with Gasteiger partial charge in [-0.2, -0.15) is 4.57 Å². The van der Waals surface area contributed by atoms with Crippen molar-refractivity contribution >= 4 is 11.3 Å². The number of rotatable bonds is 2. The van der Waals surface area contributed by atoms with E-state index in [9.17, 15) is 0 Å². The molecule has 0 atom stereocenters. The van der Waals surface area contributed by atoms with E-state index in [1.807, 2.05) is 11.6 Å². The number of aryl methyl sites for hydroxylation is 1. The van der Waals surface area contributed by atoms with Gasteiger partial charge in [0.25, 0.3) is 0 Å². The number of thiazole rings is 1. The second kappa shape index (κ2) is 4.94. The van der Waals surface area contributed by atoms with E-state index in [1.54, 1.807) is 11.3 Å². The molecule has 19 heavy (non-hydrogen) atoms. The highest BCUT2D eigenvalue weighted by Gasteiger charge is 2.18. The van der Waals surface area contributed by atoms with Crippen LogP contribution in [0.1, 0.15) is 5.56 Å². The van der Waals surface area contributed by atoms with Gasteiger partial charge in [0.1, 0.15) is 7.05 Å². The Morgan fingerprint density at radius 3 is 2.53 bits per heavy atom. The summed E-state index contributed by atoms with van der Waals surface area (Å²) in [5.74, 6) is 0. The van der Waals surface area contributed by atoms with Crippen LogP contribution in [0.2, 0.25) is 0 Å². The lowest BCUT2D eigenvalue weighted by atomic mass is 10.0. The third-order valence-corrected chi connectivity index (χ3v) is 4.10. The van der Waals surface area contributed by atoms with Crippen molar-refractivity contribution < 1.29 is 4.57 Å². The van der Waals surface area contributed by atoms with Crippen LogP contribution in [0.4, 0.5) is 0 Å². The summed E-state index contributed by atoms with van der Waals surface area (Å²) in [6.07, 6.45) is 1.85. The summed E-state index contributed by atoms with van der Waals surface area (Å²) in [4.78, 5) is 4.40. The maximum Gasteiger partial charge on any atom is 0.241 e. The van der Waals surface area contributed by atoms with Gasteiger partial charge in [0.2, 0.25) is 11.4 Å². The van der Waals surface area contributed by atoms with Crippen molar-refractivity contribution in [3.05, 3.63) is 59.6 Å². The summed E-state index contributed by atoms with van der Waals surface area (Å²) >= 11 is 1.67. The van der Waals surface area contributed by atoms with E-state index in [0.717, 1.165) is 10.7 Å². The molecule has 2 nitrogen and oxygen atoms in total. The largest absolute Gasteiger partial charge is 0.241 e. The molecule has 0 unspecified atom stereocenters. The summed E-state index contributed by atoms with van der Waals surface area (Å²) in [7, 11) is 2.10. The van der Waals surface area contributed by atoms with Crippen LogP contribution in [0, 0.1) is 6.92 Å². The second-order valence-electron chi connectivity index (χ2n) is 4.51. The standard InChI is InChI=1S/C16H15N2S/c1-12-6-3-4-7-13(12)14-8-5-9-15(18(14)2)16-17-10-11-19-16/h3-11H,1-2H3/q+1. The molecule has 1 aromatic carbocycles. The van der Waals surface area contributed by atoms with E-state index in [0.29, 0.717) is 0 Å². The van der Waals surface area contributed by atoms with Crippen molar-refractivity contribution in [2.45, 2.75) is 6.92 Å². The summed E-state index contributed by atoms with van der Waals surface area (Å²) in [6.45, 7) is 2.14. The quantitative estimate of drug-likeness (QED) is 0.648. The Morgan fingerprint density at radius 1 is 1.00 bits per heavy atom. The van der Waals surface area contributed by atoms with E-state index in [1.165, 1.54) is 16.8 Å². The van der Waals surface area contributed by atoms with E-state index >= 15 is 0 Å². The number of benzene rings is 1. The highest BCUT2D eigenvalue weighted by atomic mass is 32.1. The zero-order valence-electron chi connectivity index (χ0n) is 11.0. The summed E-state index contributed by atoms with van der Waals surface area (Å²) < 4.78 is 2.21. The third-order valence-electron chi connectivity index (χ3n) is 3.30. The van der Waals surface area contributed by atoms with Gasteiger partial charge in [0, 0.05) is 29.3 Å². The molecule has 0 bridgehead atoms. The molecule has 0 fully saturated rings. The molecule has 2 heterocycles. The van der Waals surface area contributed by atoms with Crippen LogP contribution in [0.3, 0.4) is 0 Å². The second-order valence-corrected chi connectivity index (χ2v) is 5.40. The molecule has 0 saturated carbocycles. The lowest BCUT2D eigenvalue weighted by Gasteiger charge is -2.06. The zero-order valence-corrected chi connectivity index (χ0v) is 11.8. The molecule has 0 saturated heterocycles. The van der Waals surface area contributed by atoms with E-state index in [2.05, 4.69) is 66.0 Å². The van der Waals surface area contributed by atoms with Crippen LogP contribution >= 0.6 is 11.3 Å². The fourth-order valence-corrected chi connectivity index (χ4v) is 2.98. The first-order chi connectivity index (χ1) is 9.27. The molecule has 0 spiro atoms. The lowest BCUT2D eigenvalue weighted by molar-refractivity contribution is -0.649. The number of nitrogens with zero attached hydrogens (tertiary/aromatic N) is 2. The Morgan fingerprint density at radius 2 is 1.79 bits per heavy atom. The average molecular weight is 267 g/mol. The molecule has 0 aliphatic rings. The fourth-order valence-electron chi connectivity index (χ4n) is 2.28. The summed E-state index contributed by atoms with van der Waals surface area (Å²) in [6, 6.07) is 14.8. The molecule has 0 N–H and O–H groups in total. The van der Waals surface area contributed by atoms with Crippen molar-refractivity contribution in [3.63, 3.8) is 0 Å². The maximum atomic E-state index is 4.40. The minimum absolute atomic E-state index is 1.05. The van der Waals surface area contributed by atoms with Crippen LogP contribution in [0.25, 0.3) is 22.0 Å². The summed E-state index contributed by atoms with van der Waals surface area (Å²) in [5.41, 5.74) is 4.92. The zero-order chi connectivity index (χ0) is 13.2. The topological polar surface area (TPSA) is 16.8 Å². The molecular weight excluding hydrogens is 252 g/mol. The van der Waals surface area contributed by atoms with E-state index in [-0.39, 0.29) is 0 Å². The molecule has 3 aromatic rings. The van der Waals surface area contributed by atoms with Crippen molar-refractivity contribution in [1.29, 1.82) is 0 Å². The van der Waals surface area contributed by atoms with E-state index < -0.39 is 0 Å². The average Bonchev–Trinajstić information content (AvgIpc) is 2.94. The van der Waals surface area contributed by atoms with Crippen molar-refractivity contribution in [3.8, 4) is 22.0 Å². The molecule has 3 heteroatoms. The predicted molar refractivity (Wildman–Crippen MR) is 78.9 cm³/mol. The first kappa shape index (κ1) is 12.1. The van der Waals surface area contributed by atoms with Crippen molar-refractivity contribution in [2.24, 2.45) is 7.05 Å². The minimum atomic E-state index is 1.05. The van der Waals surface area contributed by atoms with Gasteiger partial charge in [-0.15, -0.1) is 11.3 Å². The third kappa shape index (κ3) is 2.17. The maximum absolute atomic E-state index is 4.40. The lowest BCUT2D eigenvalue weighted by Crippen LogP contribution is -2.33. The predicted octanol–water partition coefficient (Wildman–Crippen LogP) is 3.61. The minimum Gasteiger partial charge on any atom is -0.239 e. The molecule has 0 aliphatic heterocycles. The Bertz CT molecular complexity index is 703. The van der Waals surface area contributed by atoms with Gasteiger partial charge in [-0.3, -0.25) is 0 Å². The molecule has 94 valence electrons. The van der Waals surface area contributed by atoms with Crippen LogP contribution in [-0.2, 0) is 7.05 Å². The van der Waals surface area contributed by atoms with Gasteiger partial charge >= 0.3 is 0 Å².